The van der Waals surface area contributed by atoms with Gasteiger partial charge in [0.05, 0.1) is 22.1 Å². The molecule has 4 aliphatic heterocycles. The van der Waals surface area contributed by atoms with Gasteiger partial charge in [0, 0.05) is 24.9 Å². The summed E-state index contributed by atoms with van der Waals surface area (Å²) in [7, 11) is 0. The third kappa shape index (κ3) is 3.32. The highest BCUT2D eigenvalue weighted by molar-refractivity contribution is 8.02. The first-order valence-corrected chi connectivity index (χ1v) is 12.6. The number of cyclic esters (lactones) is 1. The molecule has 1 spiro atoms. The zero-order valence-electron chi connectivity index (χ0n) is 18.9. The highest BCUT2D eigenvalue weighted by atomic mass is 32.2. The van der Waals surface area contributed by atoms with Gasteiger partial charge in [0.1, 0.15) is 24.8 Å². The molecule has 0 bridgehead atoms. The lowest BCUT2D eigenvalue weighted by Crippen LogP contribution is -2.53. The fourth-order valence-corrected chi connectivity index (χ4v) is 7.81. The van der Waals surface area contributed by atoms with Gasteiger partial charge in [-0.05, 0) is 18.6 Å². The summed E-state index contributed by atoms with van der Waals surface area (Å²) >= 11 is 1.50. The van der Waals surface area contributed by atoms with Crippen LogP contribution in [0.1, 0.15) is 6.42 Å². The zero-order valence-corrected chi connectivity index (χ0v) is 19.7. The van der Waals surface area contributed by atoms with Crippen molar-refractivity contribution in [3.05, 3.63) is 48.6 Å². The normalized spacial score (nSPS) is 31.9. The second-order valence-corrected chi connectivity index (χ2v) is 10.7. The maximum atomic E-state index is 14.1. The molecule has 182 valence electrons. The molecule has 0 saturated carbocycles. The number of rotatable bonds is 5. The molecule has 0 aliphatic carbocycles. The Morgan fingerprint density at radius 3 is 2.89 bits per heavy atom. The number of esters is 1. The van der Waals surface area contributed by atoms with Crippen LogP contribution in [0.4, 0.5) is 0 Å². The van der Waals surface area contributed by atoms with Gasteiger partial charge < -0.3 is 19.6 Å². The van der Waals surface area contributed by atoms with E-state index < -0.39 is 28.6 Å². The van der Waals surface area contributed by atoms with Gasteiger partial charge in [-0.1, -0.05) is 41.7 Å². The molecular formula is C24H25N5O5S. The molecule has 10 nitrogen and oxygen atoms in total. The Balaban J connectivity index is 1.39. The predicted octanol–water partition coefficient (Wildman–Crippen LogP) is 0.580. The van der Waals surface area contributed by atoms with Crippen molar-refractivity contribution in [2.24, 2.45) is 11.8 Å². The zero-order chi connectivity index (χ0) is 24.2. The summed E-state index contributed by atoms with van der Waals surface area (Å²) in [5.41, 5.74) is 1.55. The van der Waals surface area contributed by atoms with Crippen molar-refractivity contribution >= 4 is 40.6 Å². The molecule has 2 amide bonds. The number of para-hydroxylation sites is 1. The van der Waals surface area contributed by atoms with E-state index in [9.17, 15) is 19.5 Å². The van der Waals surface area contributed by atoms with Crippen molar-refractivity contribution in [1.82, 2.24) is 24.8 Å². The van der Waals surface area contributed by atoms with Crippen LogP contribution in [-0.2, 0) is 25.8 Å². The lowest BCUT2D eigenvalue weighted by Gasteiger charge is -2.35. The highest BCUT2D eigenvalue weighted by Gasteiger charge is 2.71. The fraction of sp³-hybridized carbons (Fsp3) is 0.458. The van der Waals surface area contributed by atoms with E-state index in [1.165, 1.54) is 11.8 Å². The Morgan fingerprint density at radius 1 is 1.17 bits per heavy atom. The molecule has 2 saturated heterocycles. The number of carbonyl (C=O) groups excluding carboxylic acids is 3. The van der Waals surface area contributed by atoms with Gasteiger partial charge in [0.25, 0.3) is 0 Å². The van der Waals surface area contributed by atoms with Gasteiger partial charge in [-0.3, -0.25) is 14.4 Å². The predicted molar refractivity (Wildman–Crippen MR) is 127 cm³/mol. The smallest absolute Gasteiger partial charge is 0.311 e. The van der Waals surface area contributed by atoms with Crippen LogP contribution in [0.5, 0.6) is 0 Å². The number of hydrogen-bond acceptors (Lipinski definition) is 8. The standard InChI is InChI=1S/C24H25N5O5S/c30-12-5-11-28-20-22(32)27(14-29-16-7-2-1-6-15(16)25-26-29)10-4-9-24(20)19(21(28)31)18-17(35-24)8-3-13-34-23(18)33/h1-4,6-9,17-20,30H,5,10-14H2/t17-,18+,19+,20?,24+/m1/s1. The Bertz CT molecular complexity index is 1260. The average Bonchev–Trinajstić information content (AvgIpc) is 3.40. The third-order valence-electron chi connectivity index (χ3n) is 7.28. The molecule has 11 heteroatoms. The van der Waals surface area contributed by atoms with Crippen LogP contribution in [0.25, 0.3) is 11.0 Å². The molecule has 6 rings (SSSR count). The van der Waals surface area contributed by atoms with E-state index in [2.05, 4.69) is 10.3 Å². The SMILES string of the molecule is O=C1OCC=C[C@H]2S[C@]34C=CCN(Cn5nnc6ccccc65)C(=O)C3N(CCCO)C(=O)[C@@H]4[C@@H]12. The molecule has 5 heterocycles. The van der Waals surface area contributed by atoms with Crippen LogP contribution < -0.4 is 0 Å². The molecule has 35 heavy (non-hydrogen) atoms. The molecule has 1 unspecified atom stereocenters. The maximum Gasteiger partial charge on any atom is 0.311 e. The number of aliphatic hydroxyl groups is 1. The number of benzene rings is 1. The van der Waals surface area contributed by atoms with Gasteiger partial charge in [-0.15, -0.1) is 16.9 Å². The Kier molecular flexibility index (Phi) is 5.41. The van der Waals surface area contributed by atoms with Crippen LogP contribution in [0, 0.1) is 11.8 Å². The largest absolute Gasteiger partial charge is 0.461 e. The minimum atomic E-state index is -0.890. The van der Waals surface area contributed by atoms with Crippen molar-refractivity contribution in [2.45, 2.75) is 29.1 Å². The summed E-state index contributed by atoms with van der Waals surface area (Å²) in [6.07, 6.45) is 7.95. The number of fused-ring (bicyclic) bond motifs is 3. The van der Waals surface area contributed by atoms with E-state index in [-0.39, 0.29) is 43.5 Å². The van der Waals surface area contributed by atoms with Crippen molar-refractivity contribution in [3.63, 3.8) is 0 Å². The van der Waals surface area contributed by atoms with Crippen LogP contribution >= 0.6 is 11.8 Å². The van der Waals surface area contributed by atoms with E-state index in [0.717, 1.165) is 11.0 Å². The molecule has 5 atom stereocenters. The van der Waals surface area contributed by atoms with E-state index in [1.54, 1.807) is 20.6 Å². The lowest BCUT2D eigenvalue weighted by atomic mass is 9.78. The van der Waals surface area contributed by atoms with Crippen molar-refractivity contribution in [3.8, 4) is 0 Å². The first kappa shape index (κ1) is 22.3. The molecule has 1 aromatic carbocycles. The fourth-order valence-electron chi connectivity index (χ4n) is 5.81. The summed E-state index contributed by atoms with van der Waals surface area (Å²) in [4.78, 5) is 44.1. The maximum absolute atomic E-state index is 14.1. The number of carbonyl (C=O) groups is 3. The second kappa shape index (κ2) is 8.49. The summed E-state index contributed by atoms with van der Waals surface area (Å²) in [6.45, 7) is 0.850. The molecule has 4 aliphatic rings. The minimum Gasteiger partial charge on any atom is -0.461 e. The van der Waals surface area contributed by atoms with Crippen molar-refractivity contribution in [2.75, 3.05) is 26.3 Å². The summed E-state index contributed by atoms with van der Waals surface area (Å²) in [6, 6.07) is 6.74. The van der Waals surface area contributed by atoms with Crippen LogP contribution in [0.2, 0.25) is 0 Å². The topological polar surface area (TPSA) is 118 Å². The van der Waals surface area contributed by atoms with E-state index in [0.29, 0.717) is 13.0 Å². The average molecular weight is 496 g/mol. The third-order valence-corrected chi connectivity index (χ3v) is 9.02. The number of nitrogens with zero attached hydrogens (tertiary/aromatic N) is 5. The Labute approximate surface area is 205 Å². The Morgan fingerprint density at radius 2 is 2.03 bits per heavy atom. The molecule has 1 N–H and O–H groups in total. The number of ether oxygens (including phenoxy) is 1. The van der Waals surface area contributed by atoms with Crippen LogP contribution in [0.15, 0.2) is 48.6 Å². The number of hydrogen-bond donors (Lipinski definition) is 1. The quantitative estimate of drug-likeness (QED) is 0.473. The number of thioether (sulfide) groups is 1. The second-order valence-electron chi connectivity index (χ2n) is 9.19. The van der Waals surface area contributed by atoms with E-state index >= 15 is 0 Å². The number of likely N-dealkylation sites (tertiary alicyclic amines) is 1. The first-order chi connectivity index (χ1) is 17.0. The van der Waals surface area contributed by atoms with Gasteiger partial charge >= 0.3 is 5.97 Å². The number of aromatic nitrogens is 3. The summed E-state index contributed by atoms with van der Waals surface area (Å²) < 4.78 is 6.16. The van der Waals surface area contributed by atoms with E-state index in [1.807, 2.05) is 42.5 Å². The molecule has 1 aromatic heterocycles. The first-order valence-electron chi connectivity index (χ1n) is 11.7. The minimum absolute atomic E-state index is 0.100. The highest BCUT2D eigenvalue weighted by Crippen LogP contribution is 2.60. The van der Waals surface area contributed by atoms with Crippen LogP contribution in [0.3, 0.4) is 0 Å². The summed E-state index contributed by atoms with van der Waals surface area (Å²) in [5.74, 6) is -2.20. The Hall–Kier alpha value is -3.18. The van der Waals surface area contributed by atoms with Crippen LogP contribution in [-0.4, -0.2) is 90.0 Å². The number of aliphatic hydroxyl groups excluding tert-OH is 1. The molecular weight excluding hydrogens is 470 g/mol. The van der Waals surface area contributed by atoms with Gasteiger partial charge in [0.15, 0.2) is 0 Å². The van der Waals surface area contributed by atoms with Crippen molar-refractivity contribution in [1.29, 1.82) is 0 Å². The molecule has 2 aromatic rings. The van der Waals surface area contributed by atoms with E-state index in [4.69, 9.17) is 4.74 Å². The summed E-state index contributed by atoms with van der Waals surface area (Å²) in [5, 5.41) is 17.6. The van der Waals surface area contributed by atoms with Gasteiger partial charge in [-0.25, -0.2) is 4.68 Å². The van der Waals surface area contributed by atoms with Crippen molar-refractivity contribution < 1.29 is 24.2 Å². The van der Waals surface area contributed by atoms with Gasteiger partial charge in [-0.2, -0.15) is 0 Å². The molecule has 2 fully saturated rings. The lowest BCUT2D eigenvalue weighted by molar-refractivity contribution is -0.151. The molecule has 0 radical (unpaired) electrons. The van der Waals surface area contributed by atoms with Gasteiger partial charge in [0.2, 0.25) is 11.8 Å². The monoisotopic (exact) mass is 495 g/mol. The number of amides is 2.